The van der Waals surface area contributed by atoms with Crippen LogP contribution >= 0.6 is 11.3 Å². The number of anilines is 1. The number of unbranched alkanes of at least 4 members (excludes halogenated alkanes) is 2. The van der Waals surface area contributed by atoms with Gasteiger partial charge in [-0.2, -0.15) is 0 Å². The van der Waals surface area contributed by atoms with Gasteiger partial charge in [0.15, 0.2) is 0 Å². The van der Waals surface area contributed by atoms with Crippen LogP contribution in [0.2, 0.25) is 0 Å². The highest BCUT2D eigenvalue weighted by Gasteiger charge is 2.18. The molecule has 0 amide bonds. The largest absolute Gasteiger partial charge is 0.369 e. The van der Waals surface area contributed by atoms with Crippen molar-refractivity contribution in [2.75, 3.05) is 11.9 Å². The maximum absolute atomic E-state index is 4.50. The van der Waals surface area contributed by atoms with Gasteiger partial charge >= 0.3 is 0 Å². The van der Waals surface area contributed by atoms with E-state index >= 15 is 0 Å². The summed E-state index contributed by atoms with van der Waals surface area (Å²) in [5, 5.41) is 4.85. The minimum Gasteiger partial charge on any atom is -0.369 e. The molecule has 0 saturated heterocycles. The van der Waals surface area contributed by atoms with E-state index in [1.165, 1.54) is 67.1 Å². The fourth-order valence-electron chi connectivity index (χ4n) is 2.98. The Labute approximate surface area is 124 Å². The molecule has 3 nitrogen and oxygen atoms in total. The molecule has 2 aromatic heterocycles. The third-order valence-corrected chi connectivity index (χ3v) is 5.27. The average molecular weight is 289 g/mol. The lowest BCUT2D eigenvalue weighted by atomic mass is 10.1. The van der Waals surface area contributed by atoms with Gasteiger partial charge < -0.3 is 5.32 Å². The molecule has 1 aliphatic carbocycles. The van der Waals surface area contributed by atoms with Crippen LogP contribution in [0.4, 0.5) is 5.82 Å². The number of nitrogens with zero attached hydrogens (tertiary/aromatic N) is 2. The molecule has 0 aliphatic heterocycles. The van der Waals surface area contributed by atoms with Gasteiger partial charge in [0.1, 0.15) is 17.0 Å². The summed E-state index contributed by atoms with van der Waals surface area (Å²) in [4.78, 5) is 11.7. The van der Waals surface area contributed by atoms with Gasteiger partial charge in [0.2, 0.25) is 0 Å². The summed E-state index contributed by atoms with van der Waals surface area (Å²) in [5.74, 6) is 1.06. The fourth-order valence-corrected chi connectivity index (χ4v) is 4.21. The molecule has 2 heterocycles. The van der Waals surface area contributed by atoms with E-state index < -0.39 is 0 Å². The molecule has 0 unspecified atom stereocenters. The highest BCUT2D eigenvalue weighted by Crippen LogP contribution is 2.37. The second-order valence-corrected chi connectivity index (χ2v) is 6.68. The van der Waals surface area contributed by atoms with E-state index in [1.807, 2.05) is 11.3 Å². The first-order valence-corrected chi connectivity index (χ1v) is 8.71. The SMILES string of the molecule is CCCCCNc1ncnc2sc3c(c12)CCCCC3. The monoisotopic (exact) mass is 289 g/mol. The summed E-state index contributed by atoms with van der Waals surface area (Å²) in [5.41, 5.74) is 1.53. The molecule has 0 fully saturated rings. The third kappa shape index (κ3) is 2.80. The lowest BCUT2D eigenvalue weighted by molar-refractivity contribution is 0.713. The molecule has 0 radical (unpaired) electrons. The Kier molecular flexibility index (Phi) is 4.51. The van der Waals surface area contributed by atoms with Crippen molar-refractivity contribution in [2.45, 2.75) is 58.3 Å². The fraction of sp³-hybridized carbons (Fsp3) is 0.625. The van der Waals surface area contributed by atoms with Gasteiger partial charge in [-0.25, -0.2) is 9.97 Å². The van der Waals surface area contributed by atoms with Crippen LogP contribution < -0.4 is 5.32 Å². The highest BCUT2D eigenvalue weighted by molar-refractivity contribution is 7.18. The molecule has 0 bridgehead atoms. The molecule has 0 spiro atoms. The minimum absolute atomic E-state index is 1.02. The van der Waals surface area contributed by atoms with Gasteiger partial charge in [0, 0.05) is 11.4 Å². The Hall–Kier alpha value is -1.16. The van der Waals surface area contributed by atoms with Gasteiger partial charge in [0.25, 0.3) is 0 Å². The van der Waals surface area contributed by atoms with Crippen molar-refractivity contribution in [3.8, 4) is 0 Å². The topological polar surface area (TPSA) is 37.8 Å². The maximum Gasteiger partial charge on any atom is 0.138 e. The van der Waals surface area contributed by atoms with Crippen molar-refractivity contribution in [2.24, 2.45) is 0 Å². The maximum atomic E-state index is 4.50. The van der Waals surface area contributed by atoms with Crippen LogP contribution in [0.1, 0.15) is 55.9 Å². The predicted molar refractivity (Wildman–Crippen MR) is 86.7 cm³/mol. The van der Waals surface area contributed by atoms with Crippen LogP contribution in [0.5, 0.6) is 0 Å². The van der Waals surface area contributed by atoms with E-state index in [1.54, 1.807) is 11.2 Å². The molecular weight excluding hydrogens is 266 g/mol. The summed E-state index contributed by atoms with van der Waals surface area (Å²) in [7, 11) is 0. The Balaban J connectivity index is 1.89. The standard InChI is InChI=1S/C16H23N3S/c1-2-3-7-10-17-15-14-12-8-5-4-6-9-13(12)20-16(14)19-11-18-15/h11H,2-10H2,1H3,(H,17,18,19). The van der Waals surface area contributed by atoms with E-state index in [-0.39, 0.29) is 0 Å². The Bertz CT molecular complexity index is 576. The smallest absolute Gasteiger partial charge is 0.138 e. The third-order valence-electron chi connectivity index (χ3n) is 4.07. The zero-order valence-electron chi connectivity index (χ0n) is 12.2. The van der Waals surface area contributed by atoms with Crippen molar-refractivity contribution < 1.29 is 0 Å². The first kappa shape index (κ1) is 13.8. The number of fused-ring (bicyclic) bond motifs is 3. The molecule has 108 valence electrons. The van der Waals surface area contributed by atoms with E-state index in [0.29, 0.717) is 0 Å². The van der Waals surface area contributed by atoms with Crippen molar-refractivity contribution in [1.29, 1.82) is 0 Å². The van der Waals surface area contributed by atoms with E-state index in [9.17, 15) is 0 Å². The second kappa shape index (κ2) is 6.53. The molecule has 1 N–H and O–H groups in total. The summed E-state index contributed by atoms with van der Waals surface area (Å²) in [6.45, 7) is 3.26. The van der Waals surface area contributed by atoms with E-state index in [4.69, 9.17) is 0 Å². The Morgan fingerprint density at radius 3 is 2.95 bits per heavy atom. The van der Waals surface area contributed by atoms with Crippen LogP contribution in [-0.4, -0.2) is 16.5 Å². The Morgan fingerprint density at radius 1 is 1.15 bits per heavy atom. The summed E-state index contributed by atoms with van der Waals surface area (Å²) in [6, 6.07) is 0. The van der Waals surface area contributed by atoms with Gasteiger partial charge in [-0.3, -0.25) is 0 Å². The number of aromatic nitrogens is 2. The zero-order valence-corrected chi connectivity index (χ0v) is 13.1. The molecule has 20 heavy (non-hydrogen) atoms. The normalized spacial score (nSPS) is 15.1. The molecule has 1 aliphatic rings. The lowest BCUT2D eigenvalue weighted by Gasteiger charge is -2.07. The summed E-state index contributed by atoms with van der Waals surface area (Å²) in [6.07, 6.45) is 11.9. The van der Waals surface area contributed by atoms with Gasteiger partial charge in [-0.05, 0) is 37.7 Å². The summed E-state index contributed by atoms with van der Waals surface area (Å²) >= 11 is 1.88. The average Bonchev–Trinajstić information content (AvgIpc) is 2.66. The van der Waals surface area contributed by atoms with Gasteiger partial charge in [-0.15, -0.1) is 11.3 Å². The molecular formula is C16H23N3S. The predicted octanol–water partition coefficient (Wildman–Crippen LogP) is 4.56. The number of nitrogens with one attached hydrogen (secondary N) is 1. The van der Waals surface area contributed by atoms with Crippen LogP contribution in [0.15, 0.2) is 6.33 Å². The first-order chi connectivity index (χ1) is 9.90. The second-order valence-electron chi connectivity index (χ2n) is 5.60. The molecule has 0 atom stereocenters. The Morgan fingerprint density at radius 2 is 2.05 bits per heavy atom. The van der Waals surface area contributed by atoms with Crippen molar-refractivity contribution in [1.82, 2.24) is 9.97 Å². The quantitative estimate of drug-likeness (QED) is 0.647. The number of rotatable bonds is 5. The zero-order chi connectivity index (χ0) is 13.8. The number of thiophene rings is 1. The van der Waals surface area contributed by atoms with Gasteiger partial charge in [-0.1, -0.05) is 26.2 Å². The van der Waals surface area contributed by atoms with Crippen molar-refractivity contribution in [3.05, 3.63) is 16.8 Å². The lowest BCUT2D eigenvalue weighted by Crippen LogP contribution is -2.04. The van der Waals surface area contributed by atoms with E-state index in [2.05, 4.69) is 22.2 Å². The number of hydrogen-bond acceptors (Lipinski definition) is 4. The summed E-state index contributed by atoms with van der Waals surface area (Å²) < 4.78 is 0. The number of aryl methyl sites for hydroxylation is 2. The highest BCUT2D eigenvalue weighted by atomic mass is 32.1. The van der Waals surface area contributed by atoms with Crippen LogP contribution in [0.25, 0.3) is 10.2 Å². The molecule has 2 aromatic rings. The van der Waals surface area contributed by atoms with Crippen LogP contribution in [0.3, 0.4) is 0 Å². The first-order valence-electron chi connectivity index (χ1n) is 7.89. The van der Waals surface area contributed by atoms with E-state index in [0.717, 1.165) is 12.4 Å². The van der Waals surface area contributed by atoms with Crippen molar-refractivity contribution in [3.63, 3.8) is 0 Å². The molecule has 0 saturated carbocycles. The van der Waals surface area contributed by atoms with Crippen LogP contribution in [-0.2, 0) is 12.8 Å². The molecule has 3 rings (SSSR count). The van der Waals surface area contributed by atoms with Crippen LogP contribution in [0, 0.1) is 0 Å². The molecule has 0 aromatic carbocycles. The number of hydrogen-bond donors (Lipinski definition) is 1. The molecule has 4 heteroatoms. The minimum atomic E-state index is 1.02. The van der Waals surface area contributed by atoms with Gasteiger partial charge in [0.05, 0.1) is 5.39 Å². The van der Waals surface area contributed by atoms with Crippen molar-refractivity contribution >= 4 is 27.4 Å².